The summed E-state index contributed by atoms with van der Waals surface area (Å²) in [7, 11) is 0. The van der Waals surface area contributed by atoms with Crippen LogP contribution in [0.4, 0.5) is 10.9 Å². The summed E-state index contributed by atoms with van der Waals surface area (Å²) in [4.78, 5) is 18.3. The molecule has 0 bridgehead atoms. The van der Waals surface area contributed by atoms with Gasteiger partial charge in [0.15, 0.2) is 0 Å². The van der Waals surface area contributed by atoms with Gasteiger partial charge in [-0.2, -0.15) is 4.37 Å². The average Bonchev–Trinajstić information content (AvgIpc) is 2.98. The van der Waals surface area contributed by atoms with E-state index in [4.69, 9.17) is 0 Å². The van der Waals surface area contributed by atoms with Crippen molar-refractivity contribution in [3.63, 3.8) is 0 Å². The van der Waals surface area contributed by atoms with Crippen LogP contribution in [0.3, 0.4) is 0 Å². The number of halogens is 1. The van der Waals surface area contributed by atoms with Crippen LogP contribution < -0.4 is 9.80 Å². The largest absolute Gasteiger partial charge is 0.354 e. The highest BCUT2D eigenvalue weighted by Gasteiger charge is 2.20. The Morgan fingerprint density at radius 3 is 2.80 bits per heavy atom. The number of hydrogen-bond acceptors (Lipinski definition) is 7. The smallest absolute Gasteiger partial charge is 0.205 e. The molecule has 0 spiro atoms. The van der Waals surface area contributed by atoms with Gasteiger partial charge >= 0.3 is 0 Å². The van der Waals surface area contributed by atoms with E-state index in [1.807, 2.05) is 12.1 Å². The van der Waals surface area contributed by atoms with Crippen LogP contribution in [0, 0.1) is 0 Å². The van der Waals surface area contributed by atoms with Gasteiger partial charge in [0, 0.05) is 54.0 Å². The lowest BCUT2D eigenvalue weighted by atomic mass is 10.2. The lowest BCUT2D eigenvalue weighted by Crippen LogP contribution is -2.31. The van der Waals surface area contributed by atoms with E-state index < -0.39 is 0 Å². The van der Waals surface area contributed by atoms with Crippen molar-refractivity contribution in [1.29, 1.82) is 0 Å². The zero-order valence-electron chi connectivity index (χ0n) is 14.0. The van der Waals surface area contributed by atoms with E-state index in [-0.39, 0.29) is 0 Å². The number of benzene rings is 1. The van der Waals surface area contributed by atoms with Crippen molar-refractivity contribution in [3.05, 3.63) is 34.8 Å². The van der Waals surface area contributed by atoms with Crippen LogP contribution in [0.25, 0.3) is 10.9 Å². The molecule has 130 valence electrons. The standard InChI is InChI=1S/C17H19BrN6S/c1-2-15-21-17(25-22-15)24-7-3-6-23(8-9-24)16-13-10-12(18)4-5-14(13)19-11-20-16/h4-5,10-11H,2-3,6-9H2,1H3. The molecule has 3 aromatic rings. The molecule has 0 N–H and O–H groups in total. The summed E-state index contributed by atoms with van der Waals surface area (Å²) in [5.41, 5.74) is 0.978. The molecule has 1 aromatic carbocycles. The first-order valence-corrected chi connectivity index (χ1v) is 10.0. The second-order valence-corrected chi connectivity index (χ2v) is 7.68. The van der Waals surface area contributed by atoms with Crippen LogP contribution in [0.5, 0.6) is 0 Å². The number of fused-ring (bicyclic) bond motifs is 1. The third-order valence-corrected chi connectivity index (χ3v) is 5.72. The van der Waals surface area contributed by atoms with Gasteiger partial charge in [0.1, 0.15) is 18.0 Å². The summed E-state index contributed by atoms with van der Waals surface area (Å²) in [6.45, 7) is 5.92. The summed E-state index contributed by atoms with van der Waals surface area (Å²) >= 11 is 5.07. The van der Waals surface area contributed by atoms with E-state index in [2.05, 4.69) is 58.0 Å². The number of aryl methyl sites for hydroxylation is 1. The maximum atomic E-state index is 4.64. The van der Waals surface area contributed by atoms with Gasteiger partial charge in [-0.05, 0) is 24.6 Å². The van der Waals surface area contributed by atoms with Crippen molar-refractivity contribution in [1.82, 2.24) is 19.3 Å². The normalized spacial score (nSPS) is 15.6. The SMILES string of the molecule is CCc1nsc(N2CCCN(c3ncnc4ccc(Br)cc34)CC2)n1. The third-order valence-electron chi connectivity index (χ3n) is 4.42. The summed E-state index contributed by atoms with van der Waals surface area (Å²) in [6.07, 6.45) is 3.62. The van der Waals surface area contributed by atoms with Gasteiger partial charge in [-0.1, -0.05) is 22.9 Å². The maximum Gasteiger partial charge on any atom is 0.205 e. The van der Waals surface area contributed by atoms with E-state index in [1.165, 1.54) is 11.5 Å². The van der Waals surface area contributed by atoms with Crippen LogP contribution in [-0.4, -0.2) is 45.5 Å². The van der Waals surface area contributed by atoms with Crippen LogP contribution in [0.2, 0.25) is 0 Å². The van der Waals surface area contributed by atoms with Crippen LogP contribution in [0.15, 0.2) is 29.0 Å². The van der Waals surface area contributed by atoms with Gasteiger partial charge in [0.2, 0.25) is 5.13 Å². The quantitative estimate of drug-likeness (QED) is 0.648. The second-order valence-electron chi connectivity index (χ2n) is 6.03. The highest BCUT2D eigenvalue weighted by Crippen LogP contribution is 2.27. The highest BCUT2D eigenvalue weighted by molar-refractivity contribution is 9.10. The van der Waals surface area contributed by atoms with Crippen molar-refractivity contribution in [2.75, 3.05) is 36.0 Å². The zero-order valence-corrected chi connectivity index (χ0v) is 16.4. The highest BCUT2D eigenvalue weighted by atomic mass is 79.9. The van der Waals surface area contributed by atoms with E-state index >= 15 is 0 Å². The van der Waals surface area contributed by atoms with Gasteiger partial charge in [-0.25, -0.2) is 15.0 Å². The minimum Gasteiger partial charge on any atom is -0.354 e. The average molecular weight is 419 g/mol. The molecule has 0 atom stereocenters. The van der Waals surface area contributed by atoms with Crippen molar-refractivity contribution in [2.24, 2.45) is 0 Å². The van der Waals surface area contributed by atoms with E-state index in [9.17, 15) is 0 Å². The molecule has 0 radical (unpaired) electrons. The maximum absolute atomic E-state index is 4.64. The van der Waals surface area contributed by atoms with E-state index in [1.54, 1.807) is 6.33 Å². The third kappa shape index (κ3) is 3.46. The molecule has 1 fully saturated rings. The Kier molecular flexibility index (Phi) is 4.80. The molecule has 3 heterocycles. The Labute approximate surface area is 159 Å². The molecule has 6 nitrogen and oxygen atoms in total. The Morgan fingerprint density at radius 2 is 1.96 bits per heavy atom. The predicted molar refractivity (Wildman–Crippen MR) is 106 cm³/mol. The summed E-state index contributed by atoms with van der Waals surface area (Å²) < 4.78 is 5.47. The Bertz CT molecular complexity index is 882. The minimum atomic E-state index is 0.887. The first kappa shape index (κ1) is 16.7. The van der Waals surface area contributed by atoms with Gasteiger partial charge in [0.05, 0.1) is 5.52 Å². The van der Waals surface area contributed by atoms with Gasteiger partial charge < -0.3 is 9.80 Å². The topological polar surface area (TPSA) is 58.0 Å². The van der Waals surface area contributed by atoms with Crippen molar-refractivity contribution in [2.45, 2.75) is 19.8 Å². The first-order chi connectivity index (χ1) is 12.2. The molecule has 4 rings (SSSR count). The number of hydrogen-bond donors (Lipinski definition) is 0. The minimum absolute atomic E-state index is 0.887. The predicted octanol–water partition coefficient (Wildman–Crippen LogP) is 3.52. The molecular formula is C17H19BrN6S. The fraction of sp³-hybridized carbons (Fsp3) is 0.412. The molecule has 25 heavy (non-hydrogen) atoms. The monoisotopic (exact) mass is 418 g/mol. The van der Waals surface area contributed by atoms with Crippen molar-refractivity contribution >= 4 is 49.3 Å². The molecule has 1 aliphatic rings. The molecule has 1 aliphatic heterocycles. The molecule has 2 aromatic heterocycles. The number of aromatic nitrogens is 4. The van der Waals surface area contributed by atoms with Gasteiger partial charge in [-0.15, -0.1) is 0 Å². The van der Waals surface area contributed by atoms with Crippen molar-refractivity contribution in [3.8, 4) is 0 Å². The Balaban J connectivity index is 1.58. The van der Waals surface area contributed by atoms with Gasteiger partial charge in [0.25, 0.3) is 0 Å². The van der Waals surface area contributed by atoms with E-state index in [0.717, 1.165) is 71.2 Å². The molecule has 8 heteroatoms. The summed E-state index contributed by atoms with van der Waals surface area (Å²) in [5, 5.41) is 2.13. The zero-order chi connectivity index (χ0) is 17.2. The fourth-order valence-corrected chi connectivity index (χ4v) is 4.27. The fourth-order valence-electron chi connectivity index (χ4n) is 3.10. The molecule has 1 saturated heterocycles. The van der Waals surface area contributed by atoms with Crippen LogP contribution >= 0.6 is 27.5 Å². The molecular weight excluding hydrogens is 400 g/mol. The number of anilines is 2. The Morgan fingerprint density at radius 1 is 1.12 bits per heavy atom. The lowest BCUT2D eigenvalue weighted by Gasteiger charge is -2.23. The first-order valence-electron chi connectivity index (χ1n) is 8.47. The van der Waals surface area contributed by atoms with Crippen molar-refractivity contribution < 1.29 is 0 Å². The number of rotatable bonds is 3. The molecule has 0 aliphatic carbocycles. The van der Waals surface area contributed by atoms with Gasteiger partial charge in [-0.3, -0.25) is 0 Å². The lowest BCUT2D eigenvalue weighted by molar-refractivity contribution is 0.797. The number of nitrogens with zero attached hydrogens (tertiary/aromatic N) is 6. The van der Waals surface area contributed by atoms with E-state index in [0.29, 0.717) is 0 Å². The Hall–Kier alpha value is -1.80. The summed E-state index contributed by atoms with van der Waals surface area (Å²) in [6, 6.07) is 6.15. The summed E-state index contributed by atoms with van der Waals surface area (Å²) in [5.74, 6) is 1.95. The molecule has 0 amide bonds. The molecule has 0 unspecified atom stereocenters. The van der Waals surface area contributed by atoms with Crippen LogP contribution in [-0.2, 0) is 6.42 Å². The second kappa shape index (κ2) is 7.21. The van der Waals surface area contributed by atoms with Crippen LogP contribution in [0.1, 0.15) is 19.2 Å². The molecule has 0 saturated carbocycles.